The zero-order valence-electron chi connectivity index (χ0n) is 10.1. The molecule has 1 aromatic rings. The summed E-state index contributed by atoms with van der Waals surface area (Å²) < 4.78 is 5.32. The van der Waals surface area contributed by atoms with E-state index >= 15 is 0 Å². The number of carbonyl (C=O) groups excluding carboxylic acids is 1. The van der Waals surface area contributed by atoms with Crippen LogP contribution in [0.25, 0.3) is 0 Å². The lowest BCUT2D eigenvalue weighted by molar-refractivity contribution is 0.0583. The lowest BCUT2D eigenvalue weighted by Crippen LogP contribution is -2.36. The predicted molar refractivity (Wildman–Crippen MR) is 60.6 cm³/mol. The van der Waals surface area contributed by atoms with Crippen LogP contribution in [0, 0.1) is 6.92 Å². The van der Waals surface area contributed by atoms with E-state index in [0.29, 0.717) is 12.4 Å². The number of aromatic nitrogens is 2. The molecule has 5 heteroatoms. The van der Waals surface area contributed by atoms with Crippen molar-refractivity contribution in [2.75, 3.05) is 11.4 Å². The van der Waals surface area contributed by atoms with Gasteiger partial charge in [-0.1, -0.05) is 0 Å². The molecule has 5 nitrogen and oxygen atoms in total. The van der Waals surface area contributed by atoms with Crippen LogP contribution < -0.4 is 4.90 Å². The summed E-state index contributed by atoms with van der Waals surface area (Å²) in [5.41, 5.74) is 0.550. The van der Waals surface area contributed by atoms with Crippen molar-refractivity contribution in [1.29, 1.82) is 0 Å². The highest BCUT2D eigenvalue weighted by Gasteiger charge is 2.31. The summed E-state index contributed by atoms with van der Waals surface area (Å²) in [4.78, 5) is 20.9. The number of carbonyl (C=O) groups is 1. The largest absolute Gasteiger partial charge is 0.443 e. The number of ether oxygens (including phenoxy) is 1. The van der Waals surface area contributed by atoms with Gasteiger partial charge in [0.25, 0.3) is 0 Å². The maximum Gasteiger partial charge on any atom is 0.416 e. The SMILES string of the molecule is Cc1nc2c([nH]1)CCN2C(=O)OC(C)(C)C. The number of imidazole rings is 1. The Morgan fingerprint density at radius 2 is 2.19 bits per heavy atom. The molecule has 1 aliphatic rings. The molecule has 2 heterocycles. The van der Waals surface area contributed by atoms with E-state index in [2.05, 4.69) is 9.97 Å². The van der Waals surface area contributed by atoms with Crippen molar-refractivity contribution in [3.05, 3.63) is 11.5 Å². The van der Waals surface area contributed by atoms with Gasteiger partial charge in [-0.05, 0) is 27.7 Å². The maximum atomic E-state index is 11.9. The first-order valence-electron chi connectivity index (χ1n) is 5.43. The number of rotatable bonds is 0. The van der Waals surface area contributed by atoms with Crippen molar-refractivity contribution in [1.82, 2.24) is 9.97 Å². The second-order valence-electron chi connectivity index (χ2n) is 5.01. The minimum Gasteiger partial charge on any atom is -0.443 e. The van der Waals surface area contributed by atoms with E-state index in [1.165, 1.54) is 0 Å². The van der Waals surface area contributed by atoms with Crippen LogP contribution >= 0.6 is 0 Å². The summed E-state index contributed by atoms with van der Waals surface area (Å²) in [5, 5.41) is 0. The fraction of sp³-hybridized carbons (Fsp3) is 0.636. The minimum absolute atomic E-state index is 0.322. The highest BCUT2D eigenvalue weighted by atomic mass is 16.6. The van der Waals surface area contributed by atoms with Crippen molar-refractivity contribution < 1.29 is 9.53 Å². The van der Waals surface area contributed by atoms with Crippen LogP contribution in [0.5, 0.6) is 0 Å². The zero-order valence-corrected chi connectivity index (χ0v) is 10.1. The number of H-pyrrole nitrogens is 1. The van der Waals surface area contributed by atoms with Crippen LogP contribution in [0.4, 0.5) is 10.6 Å². The highest BCUT2D eigenvalue weighted by molar-refractivity contribution is 5.88. The molecule has 0 saturated heterocycles. The zero-order chi connectivity index (χ0) is 11.9. The lowest BCUT2D eigenvalue weighted by Gasteiger charge is -2.23. The molecule has 1 N–H and O–H groups in total. The normalized spacial score (nSPS) is 15.1. The Morgan fingerprint density at radius 1 is 1.50 bits per heavy atom. The molecular formula is C11H17N3O2. The minimum atomic E-state index is -0.467. The molecule has 1 aliphatic heterocycles. The summed E-state index contributed by atoms with van der Waals surface area (Å²) in [6.07, 6.45) is 0.493. The topological polar surface area (TPSA) is 58.2 Å². The molecule has 0 aliphatic carbocycles. The Morgan fingerprint density at radius 3 is 2.81 bits per heavy atom. The number of aromatic amines is 1. The van der Waals surface area contributed by atoms with Crippen LogP contribution in [-0.2, 0) is 11.2 Å². The Labute approximate surface area is 94.8 Å². The van der Waals surface area contributed by atoms with Gasteiger partial charge in [0.1, 0.15) is 11.4 Å². The van der Waals surface area contributed by atoms with E-state index in [4.69, 9.17) is 4.74 Å². The molecule has 88 valence electrons. The summed E-state index contributed by atoms with van der Waals surface area (Å²) in [6, 6.07) is 0. The number of amides is 1. The molecule has 0 saturated carbocycles. The van der Waals surface area contributed by atoms with Gasteiger partial charge in [-0.2, -0.15) is 0 Å². The molecule has 0 unspecified atom stereocenters. The van der Waals surface area contributed by atoms with Crippen LogP contribution in [-0.4, -0.2) is 28.2 Å². The van der Waals surface area contributed by atoms with Gasteiger partial charge in [0.05, 0.1) is 5.69 Å². The second kappa shape index (κ2) is 3.50. The molecule has 0 aromatic carbocycles. The average molecular weight is 223 g/mol. The number of nitrogens with one attached hydrogen (secondary N) is 1. The van der Waals surface area contributed by atoms with Gasteiger partial charge in [0.15, 0.2) is 5.82 Å². The molecule has 1 amide bonds. The Kier molecular flexibility index (Phi) is 2.40. The van der Waals surface area contributed by atoms with Gasteiger partial charge in [0.2, 0.25) is 0 Å². The summed E-state index contributed by atoms with van der Waals surface area (Å²) in [5.74, 6) is 1.55. The van der Waals surface area contributed by atoms with Crippen LogP contribution in [0.1, 0.15) is 32.3 Å². The quantitative estimate of drug-likeness (QED) is 0.732. The first-order valence-corrected chi connectivity index (χ1v) is 5.43. The van der Waals surface area contributed by atoms with E-state index < -0.39 is 5.60 Å². The number of fused-ring (bicyclic) bond motifs is 1. The number of hydrogen-bond acceptors (Lipinski definition) is 3. The third kappa shape index (κ3) is 2.03. The molecular weight excluding hydrogens is 206 g/mol. The molecule has 16 heavy (non-hydrogen) atoms. The predicted octanol–water partition coefficient (Wildman–Crippen LogP) is 2.02. The Hall–Kier alpha value is -1.52. The van der Waals surface area contributed by atoms with Crippen LogP contribution in [0.3, 0.4) is 0 Å². The van der Waals surface area contributed by atoms with Crippen molar-refractivity contribution in [2.24, 2.45) is 0 Å². The Bertz CT molecular complexity index is 417. The molecule has 0 radical (unpaired) electrons. The molecule has 0 bridgehead atoms. The number of anilines is 1. The van der Waals surface area contributed by atoms with Crippen molar-refractivity contribution in [3.8, 4) is 0 Å². The molecule has 2 rings (SSSR count). The van der Waals surface area contributed by atoms with E-state index in [1.807, 2.05) is 27.7 Å². The van der Waals surface area contributed by atoms with Gasteiger partial charge in [-0.3, -0.25) is 4.90 Å². The van der Waals surface area contributed by atoms with Crippen molar-refractivity contribution >= 4 is 11.9 Å². The summed E-state index contributed by atoms with van der Waals surface area (Å²) >= 11 is 0. The van der Waals surface area contributed by atoms with Gasteiger partial charge in [-0.15, -0.1) is 0 Å². The highest BCUT2D eigenvalue weighted by Crippen LogP contribution is 2.26. The third-order valence-electron chi connectivity index (χ3n) is 2.33. The standard InChI is InChI=1S/C11H17N3O2/c1-7-12-8-5-6-14(9(8)13-7)10(15)16-11(2,3)4/h5-6H2,1-4H3,(H,12,13). The van der Waals surface area contributed by atoms with Gasteiger partial charge in [0, 0.05) is 13.0 Å². The molecule has 0 fully saturated rings. The summed E-state index contributed by atoms with van der Waals surface area (Å²) in [7, 11) is 0. The third-order valence-corrected chi connectivity index (χ3v) is 2.33. The summed E-state index contributed by atoms with van der Waals surface area (Å²) in [6.45, 7) is 8.10. The smallest absolute Gasteiger partial charge is 0.416 e. The van der Waals surface area contributed by atoms with Crippen molar-refractivity contribution in [2.45, 2.75) is 39.7 Å². The van der Waals surface area contributed by atoms with Crippen molar-refractivity contribution in [3.63, 3.8) is 0 Å². The van der Waals surface area contributed by atoms with Gasteiger partial charge >= 0.3 is 6.09 Å². The first kappa shape index (κ1) is 11.0. The van der Waals surface area contributed by atoms with Gasteiger partial charge in [-0.25, -0.2) is 9.78 Å². The molecule has 0 spiro atoms. The average Bonchev–Trinajstić information content (AvgIpc) is 2.58. The van der Waals surface area contributed by atoms with Crippen LogP contribution in [0.15, 0.2) is 0 Å². The fourth-order valence-corrected chi connectivity index (χ4v) is 1.75. The first-order chi connectivity index (χ1) is 7.37. The molecule has 0 atom stereocenters. The van der Waals surface area contributed by atoms with E-state index in [0.717, 1.165) is 17.9 Å². The number of nitrogens with zero attached hydrogens (tertiary/aromatic N) is 2. The number of aryl methyl sites for hydroxylation is 1. The number of hydrogen-bond donors (Lipinski definition) is 1. The lowest BCUT2D eigenvalue weighted by atomic mass is 10.2. The van der Waals surface area contributed by atoms with E-state index in [-0.39, 0.29) is 6.09 Å². The van der Waals surface area contributed by atoms with Gasteiger partial charge < -0.3 is 9.72 Å². The second-order valence-corrected chi connectivity index (χ2v) is 5.01. The Balaban J connectivity index is 2.15. The van der Waals surface area contributed by atoms with E-state index in [9.17, 15) is 4.79 Å². The fourth-order valence-electron chi connectivity index (χ4n) is 1.75. The molecule has 1 aromatic heterocycles. The van der Waals surface area contributed by atoms with Crippen LogP contribution in [0.2, 0.25) is 0 Å². The maximum absolute atomic E-state index is 11.9. The monoisotopic (exact) mass is 223 g/mol. The van der Waals surface area contributed by atoms with E-state index in [1.54, 1.807) is 4.90 Å².